The molecule has 7 nitrogen and oxygen atoms in total. The Balaban J connectivity index is 1.81. The predicted octanol–water partition coefficient (Wildman–Crippen LogP) is 3.16. The first-order chi connectivity index (χ1) is 13.3. The topological polar surface area (TPSA) is 121 Å². The van der Waals surface area contributed by atoms with Gasteiger partial charge in [0.05, 0.1) is 21.7 Å². The fraction of sp³-hybridized carbons (Fsp3) is 0. The van der Waals surface area contributed by atoms with E-state index in [1.807, 2.05) is 0 Å². The summed E-state index contributed by atoms with van der Waals surface area (Å²) < 4.78 is 31.4. The van der Waals surface area contributed by atoms with Gasteiger partial charge < -0.3 is 10.4 Å². The highest BCUT2D eigenvalue weighted by Gasteiger charge is 2.33. The summed E-state index contributed by atoms with van der Waals surface area (Å²) in [6, 6.07) is 14.4. The van der Waals surface area contributed by atoms with Crippen molar-refractivity contribution in [1.82, 2.24) is 0 Å². The van der Waals surface area contributed by atoms with Gasteiger partial charge in [-0.3, -0.25) is 14.1 Å². The number of benzene rings is 3. The number of hydrogen-bond donors (Lipinski definition) is 3. The Kier molecular flexibility index (Phi) is 4.02. The lowest BCUT2D eigenvalue weighted by molar-refractivity contribution is 0.0977. The molecule has 4 rings (SSSR count). The first-order valence-electron chi connectivity index (χ1n) is 8.16. The number of anilines is 2. The molecule has 3 aromatic carbocycles. The minimum absolute atomic E-state index is 0.0440. The van der Waals surface area contributed by atoms with Crippen molar-refractivity contribution in [2.45, 2.75) is 4.90 Å². The van der Waals surface area contributed by atoms with Gasteiger partial charge in [-0.15, -0.1) is 0 Å². The molecule has 28 heavy (non-hydrogen) atoms. The maximum atomic E-state index is 13.0. The molecule has 0 aliphatic heterocycles. The summed E-state index contributed by atoms with van der Waals surface area (Å²) in [5.74, 6) is -1.15. The third-order valence-electron chi connectivity index (χ3n) is 4.48. The number of aromatic hydroxyl groups is 1. The molecule has 0 bridgehead atoms. The largest absolute Gasteiger partial charge is 0.507 e. The van der Waals surface area contributed by atoms with Gasteiger partial charge in [-0.1, -0.05) is 24.3 Å². The predicted molar refractivity (Wildman–Crippen MR) is 101 cm³/mol. The van der Waals surface area contributed by atoms with Crippen molar-refractivity contribution in [1.29, 1.82) is 0 Å². The van der Waals surface area contributed by atoms with E-state index in [2.05, 4.69) is 5.32 Å². The van der Waals surface area contributed by atoms with Crippen molar-refractivity contribution < 1.29 is 27.7 Å². The van der Waals surface area contributed by atoms with Crippen LogP contribution in [0.5, 0.6) is 5.75 Å². The second-order valence-electron chi connectivity index (χ2n) is 6.21. The van der Waals surface area contributed by atoms with Crippen LogP contribution < -0.4 is 5.32 Å². The molecule has 0 saturated carbocycles. The van der Waals surface area contributed by atoms with E-state index < -0.39 is 21.7 Å². The van der Waals surface area contributed by atoms with Crippen LogP contribution in [0.2, 0.25) is 0 Å². The number of nitrogens with one attached hydrogen (secondary N) is 1. The van der Waals surface area contributed by atoms with E-state index in [0.717, 1.165) is 0 Å². The molecule has 0 fully saturated rings. The SMILES string of the molecule is O=C1c2ccccc2C(=O)c2c(Nc3ccc(S(=O)(=O)O)cc3)ccc(O)c21. The summed E-state index contributed by atoms with van der Waals surface area (Å²) in [5, 5.41) is 13.2. The molecule has 140 valence electrons. The zero-order valence-corrected chi connectivity index (χ0v) is 15.0. The highest BCUT2D eigenvalue weighted by molar-refractivity contribution is 7.85. The van der Waals surface area contributed by atoms with Crippen LogP contribution in [-0.2, 0) is 10.1 Å². The summed E-state index contributed by atoms with van der Waals surface area (Å²) in [5.41, 5.74) is 1.16. The zero-order valence-electron chi connectivity index (χ0n) is 14.2. The van der Waals surface area contributed by atoms with Crippen molar-refractivity contribution in [3.63, 3.8) is 0 Å². The van der Waals surface area contributed by atoms with E-state index >= 15 is 0 Å². The van der Waals surface area contributed by atoms with Crippen LogP contribution in [0.1, 0.15) is 31.8 Å². The standard InChI is InChI=1S/C20H13NO6S/c22-16-10-9-15(21-11-5-7-12(8-6-11)28(25,26)27)17-18(16)20(24)14-4-2-1-3-13(14)19(17)23/h1-10,21-22H,(H,25,26,27). The van der Waals surface area contributed by atoms with Crippen molar-refractivity contribution in [2.24, 2.45) is 0 Å². The zero-order chi connectivity index (χ0) is 20.1. The Morgan fingerprint density at radius 3 is 1.89 bits per heavy atom. The van der Waals surface area contributed by atoms with E-state index in [9.17, 15) is 23.1 Å². The number of ketones is 2. The third-order valence-corrected chi connectivity index (χ3v) is 5.35. The van der Waals surface area contributed by atoms with E-state index in [0.29, 0.717) is 11.4 Å². The molecule has 0 radical (unpaired) electrons. The molecule has 0 spiro atoms. The Morgan fingerprint density at radius 1 is 0.750 bits per heavy atom. The van der Waals surface area contributed by atoms with Crippen molar-refractivity contribution >= 4 is 33.1 Å². The van der Waals surface area contributed by atoms with Gasteiger partial charge in [0.2, 0.25) is 0 Å². The average Bonchev–Trinajstić information content (AvgIpc) is 2.67. The fourth-order valence-electron chi connectivity index (χ4n) is 3.18. The number of phenolic OH excluding ortho intramolecular Hbond substituents is 1. The molecule has 3 aromatic rings. The molecule has 1 aliphatic rings. The molecular weight excluding hydrogens is 382 g/mol. The summed E-state index contributed by atoms with van der Waals surface area (Å²) in [7, 11) is -4.32. The van der Waals surface area contributed by atoms with Crippen molar-refractivity contribution in [3.05, 3.63) is 82.9 Å². The quantitative estimate of drug-likeness (QED) is 0.360. The molecule has 0 heterocycles. The van der Waals surface area contributed by atoms with E-state index in [1.54, 1.807) is 18.2 Å². The van der Waals surface area contributed by atoms with Gasteiger partial charge in [0, 0.05) is 16.8 Å². The minimum Gasteiger partial charge on any atom is -0.507 e. The molecule has 0 unspecified atom stereocenters. The second kappa shape index (κ2) is 6.29. The number of hydrogen-bond acceptors (Lipinski definition) is 6. The molecule has 1 aliphatic carbocycles. The smallest absolute Gasteiger partial charge is 0.294 e. The van der Waals surface area contributed by atoms with Crippen LogP contribution in [0, 0.1) is 0 Å². The van der Waals surface area contributed by atoms with E-state index in [-0.39, 0.29) is 32.9 Å². The molecule has 0 saturated heterocycles. The van der Waals surface area contributed by atoms with Crippen LogP contribution in [0.4, 0.5) is 11.4 Å². The monoisotopic (exact) mass is 395 g/mol. The van der Waals surface area contributed by atoms with Gasteiger partial charge in [0.25, 0.3) is 10.1 Å². The molecule has 3 N–H and O–H groups in total. The maximum absolute atomic E-state index is 13.0. The lowest BCUT2D eigenvalue weighted by atomic mass is 9.82. The Morgan fingerprint density at radius 2 is 1.32 bits per heavy atom. The minimum atomic E-state index is -4.32. The number of rotatable bonds is 3. The third kappa shape index (κ3) is 2.84. The highest BCUT2D eigenvalue weighted by Crippen LogP contribution is 2.38. The Labute approximate surface area is 160 Å². The molecule has 8 heteroatoms. The van der Waals surface area contributed by atoms with Crippen LogP contribution in [0.3, 0.4) is 0 Å². The number of fused-ring (bicyclic) bond motifs is 2. The fourth-order valence-corrected chi connectivity index (χ4v) is 3.66. The molecule has 0 amide bonds. The van der Waals surface area contributed by atoms with Gasteiger partial charge in [-0.25, -0.2) is 0 Å². The number of carbonyl (C=O) groups excluding carboxylic acids is 2. The summed E-state index contributed by atoms with van der Waals surface area (Å²) in [6.45, 7) is 0. The number of carbonyl (C=O) groups is 2. The van der Waals surface area contributed by atoms with E-state index in [4.69, 9.17) is 4.55 Å². The molecule has 0 atom stereocenters. The van der Waals surface area contributed by atoms with Gasteiger partial charge >= 0.3 is 0 Å². The maximum Gasteiger partial charge on any atom is 0.294 e. The summed E-state index contributed by atoms with van der Waals surface area (Å²) in [4.78, 5) is 25.5. The lowest BCUT2D eigenvalue weighted by Crippen LogP contribution is -2.22. The van der Waals surface area contributed by atoms with Crippen molar-refractivity contribution in [2.75, 3.05) is 5.32 Å². The number of phenols is 1. The van der Waals surface area contributed by atoms with Crippen LogP contribution in [0.25, 0.3) is 0 Å². The van der Waals surface area contributed by atoms with Crippen LogP contribution in [-0.4, -0.2) is 29.6 Å². The van der Waals surface area contributed by atoms with Gasteiger partial charge in [-0.2, -0.15) is 8.42 Å². The lowest BCUT2D eigenvalue weighted by Gasteiger charge is -2.21. The normalized spacial score (nSPS) is 13.0. The van der Waals surface area contributed by atoms with Gasteiger partial charge in [0.1, 0.15) is 5.75 Å². The second-order valence-corrected chi connectivity index (χ2v) is 7.63. The summed E-state index contributed by atoms with van der Waals surface area (Å²) >= 11 is 0. The highest BCUT2D eigenvalue weighted by atomic mass is 32.2. The molecular formula is C20H13NO6S. The van der Waals surface area contributed by atoms with Crippen LogP contribution >= 0.6 is 0 Å². The van der Waals surface area contributed by atoms with Gasteiger partial charge in [0.15, 0.2) is 11.6 Å². The summed E-state index contributed by atoms with van der Waals surface area (Å²) in [6.07, 6.45) is 0. The Hall–Kier alpha value is -3.49. The Bertz CT molecular complexity index is 1250. The van der Waals surface area contributed by atoms with Gasteiger partial charge in [-0.05, 0) is 36.4 Å². The van der Waals surface area contributed by atoms with Crippen LogP contribution in [0.15, 0.2) is 65.6 Å². The molecule has 0 aromatic heterocycles. The van der Waals surface area contributed by atoms with Crippen molar-refractivity contribution in [3.8, 4) is 5.75 Å². The average molecular weight is 395 g/mol. The first-order valence-corrected chi connectivity index (χ1v) is 9.60. The first kappa shape index (κ1) is 17.9. The van der Waals surface area contributed by atoms with E-state index in [1.165, 1.54) is 42.5 Å².